The highest BCUT2D eigenvalue weighted by Gasteiger charge is 2.09. The maximum Gasteiger partial charge on any atom is 0.132 e. The molecule has 0 unspecified atom stereocenters. The van der Waals surface area contributed by atoms with Crippen molar-refractivity contribution in [2.75, 3.05) is 13.2 Å². The zero-order chi connectivity index (χ0) is 14.4. The first-order chi connectivity index (χ1) is 9.68. The van der Waals surface area contributed by atoms with Crippen molar-refractivity contribution in [3.8, 4) is 11.5 Å². The van der Waals surface area contributed by atoms with Crippen LogP contribution in [0.2, 0.25) is 0 Å². The molecule has 20 heavy (non-hydrogen) atoms. The molecule has 2 N–H and O–H groups in total. The van der Waals surface area contributed by atoms with Gasteiger partial charge in [-0.2, -0.15) is 0 Å². The molecule has 0 saturated carbocycles. The molecule has 2 rings (SSSR count). The molecule has 4 heteroatoms. The van der Waals surface area contributed by atoms with Gasteiger partial charge in [0.05, 0.1) is 5.56 Å². The van der Waals surface area contributed by atoms with Crippen molar-refractivity contribution in [2.45, 2.75) is 6.92 Å². The van der Waals surface area contributed by atoms with Crippen molar-refractivity contribution < 1.29 is 9.47 Å². The Morgan fingerprint density at radius 3 is 2.40 bits per heavy atom. The molecular weight excluding hydrogens is 270 g/mol. The third-order valence-electron chi connectivity index (χ3n) is 2.82. The lowest BCUT2D eigenvalue weighted by molar-refractivity contribution is 0.216. The van der Waals surface area contributed by atoms with Gasteiger partial charge in [0.25, 0.3) is 0 Å². The van der Waals surface area contributed by atoms with E-state index < -0.39 is 0 Å². The second-order valence-electron chi connectivity index (χ2n) is 4.33. The number of hydrogen-bond acceptors (Lipinski definition) is 3. The number of nitrogens with two attached hydrogens (primary N) is 1. The first-order valence-electron chi connectivity index (χ1n) is 6.38. The molecule has 0 bridgehead atoms. The quantitative estimate of drug-likeness (QED) is 0.655. The SMILES string of the molecule is Cc1cccc(C(N)=S)c1OCCOc1ccccc1. The van der Waals surface area contributed by atoms with Gasteiger partial charge in [0, 0.05) is 0 Å². The van der Waals surface area contributed by atoms with Crippen LogP contribution in [0.25, 0.3) is 0 Å². The highest BCUT2D eigenvalue weighted by atomic mass is 32.1. The molecule has 0 radical (unpaired) electrons. The Bertz CT molecular complexity index is 584. The largest absolute Gasteiger partial charge is 0.490 e. The molecule has 0 aliphatic carbocycles. The number of para-hydroxylation sites is 2. The van der Waals surface area contributed by atoms with Crippen molar-refractivity contribution in [3.05, 3.63) is 59.7 Å². The van der Waals surface area contributed by atoms with Gasteiger partial charge in [0.15, 0.2) is 0 Å². The summed E-state index contributed by atoms with van der Waals surface area (Å²) in [6, 6.07) is 15.4. The first kappa shape index (κ1) is 14.3. The topological polar surface area (TPSA) is 44.5 Å². The number of benzene rings is 2. The van der Waals surface area contributed by atoms with Crippen LogP contribution in [0, 0.1) is 6.92 Å². The number of ether oxygens (including phenoxy) is 2. The Morgan fingerprint density at radius 1 is 1.00 bits per heavy atom. The fourth-order valence-corrected chi connectivity index (χ4v) is 2.02. The van der Waals surface area contributed by atoms with Crippen LogP contribution in [0.3, 0.4) is 0 Å². The third kappa shape index (κ3) is 3.71. The van der Waals surface area contributed by atoms with Crippen LogP contribution >= 0.6 is 12.2 Å². The molecule has 0 fully saturated rings. The summed E-state index contributed by atoms with van der Waals surface area (Å²) in [7, 11) is 0. The van der Waals surface area contributed by atoms with Gasteiger partial charge in [0.1, 0.15) is 29.7 Å². The minimum atomic E-state index is 0.340. The summed E-state index contributed by atoms with van der Waals surface area (Å²) in [4.78, 5) is 0.340. The summed E-state index contributed by atoms with van der Waals surface area (Å²) in [5.74, 6) is 1.56. The molecule has 104 valence electrons. The fraction of sp³-hybridized carbons (Fsp3) is 0.188. The Hall–Kier alpha value is -2.07. The van der Waals surface area contributed by atoms with Crippen molar-refractivity contribution in [2.24, 2.45) is 5.73 Å². The lowest BCUT2D eigenvalue weighted by Crippen LogP contribution is -2.15. The Labute approximate surface area is 124 Å². The van der Waals surface area contributed by atoms with Crippen LogP contribution in [-0.4, -0.2) is 18.2 Å². The van der Waals surface area contributed by atoms with Gasteiger partial charge in [-0.1, -0.05) is 42.5 Å². The van der Waals surface area contributed by atoms with Gasteiger partial charge >= 0.3 is 0 Å². The molecule has 2 aromatic rings. The molecule has 0 amide bonds. The average Bonchev–Trinajstić information content (AvgIpc) is 2.45. The molecule has 3 nitrogen and oxygen atoms in total. The summed E-state index contributed by atoms with van der Waals surface area (Å²) in [5.41, 5.74) is 7.47. The molecular formula is C16H17NO2S. The molecule has 0 heterocycles. The van der Waals surface area contributed by atoms with E-state index in [1.54, 1.807) is 0 Å². The van der Waals surface area contributed by atoms with E-state index >= 15 is 0 Å². The number of rotatable bonds is 6. The van der Waals surface area contributed by atoms with Crippen LogP contribution in [-0.2, 0) is 0 Å². The molecule has 0 aliphatic rings. The molecule has 0 atom stereocenters. The summed E-state index contributed by atoms with van der Waals surface area (Å²) in [6.45, 7) is 2.87. The van der Waals surface area contributed by atoms with Crippen LogP contribution in [0.15, 0.2) is 48.5 Å². The fourth-order valence-electron chi connectivity index (χ4n) is 1.86. The van der Waals surface area contributed by atoms with Gasteiger partial charge < -0.3 is 15.2 Å². The van der Waals surface area contributed by atoms with Gasteiger partial charge in [-0.15, -0.1) is 0 Å². The van der Waals surface area contributed by atoms with E-state index in [4.69, 9.17) is 27.4 Å². The van der Waals surface area contributed by atoms with E-state index in [0.29, 0.717) is 18.2 Å². The Kier molecular flexibility index (Phi) is 4.96. The van der Waals surface area contributed by atoms with Crippen molar-refractivity contribution in [1.29, 1.82) is 0 Å². The van der Waals surface area contributed by atoms with Crippen LogP contribution in [0.5, 0.6) is 11.5 Å². The standard InChI is InChI=1S/C16H17NO2S/c1-12-6-5-9-14(16(17)20)15(12)19-11-10-18-13-7-3-2-4-8-13/h2-9H,10-11H2,1H3,(H2,17,20). The highest BCUT2D eigenvalue weighted by molar-refractivity contribution is 7.80. The Morgan fingerprint density at radius 2 is 1.70 bits per heavy atom. The second-order valence-corrected chi connectivity index (χ2v) is 4.77. The summed E-state index contributed by atoms with van der Waals surface area (Å²) in [6.07, 6.45) is 0. The van der Waals surface area contributed by atoms with Crippen molar-refractivity contribution in [3.63, 3.8) is 0 Å². The molecule has 0 spiro atoms. The monoisotopic (exact) mass is 287 g/mol. The van der Waals surface area contributed by atoms with E-state index in [9.17, 15) is 0 Å². The first-order valence-corrected chi connectivity index (χ1v) is 6.79. The third-order valence-corrected chi connectivity index (χ3v) is 3.04. The lowest BCUT2D eigenvalue weighted by Gasteiger charge is -2.13. The van der Waals surface area contributed by atoms with E-state index in [1.165, 1.54) is 0 Å². The van der Waals surface area contributed by atoms with E-state index in [-0.39, 0.29) is 0 Å². The normalized spacial score (nSPS) is 10.1. The highest BCUT2D eigenvalue weighted by Crippen LogP contribution is 2.23. The zero-order valence-corrected chi connectivity index (χ0v) is 12.2. The van der Waals surface area contributed by atoms with Crippen molar-refractivity contribution >= 4 is 17.2 Å². The molecule has 0 aromatic heterocycles. The minimum Gasteiger partial charge on any atom is -0.490 e. The zero-order valence-electron chi connectivity index (χ0n) is 11.3. The number of aryl methyl sites for hydroxylation is 1. The van der Waals surface area contributed by atoms with Gasteiger partial charge in [-0.3, -0.25) is 0 Å². The number of hydrogen-bond donors (Lipinski definition) is 1. The number of thiocarbonyl (C=S) groups is 1. The average molecular weight is 287 g/mol. The predicted molar refractivity (Wildman–Crippen MR) is 84.5 cm³/mol. The maximum absolute atomic E-state index is 5.76. The maximum atomic E-state index is 5.76. The molecule has 0 saturated heterocycles. The van der Waals surface area contributed by atoms with Gasteiger partial charge in [-0.25, -0.2) is 0 Å². The molecule has 0 aliphatic heterocycles. The van der Waals surface area contributed by atoms with E-state index in [2.05, 4.69) is 0 Å². The van der Waals surface area contributed by atoms with Crippen LogP contribution in [0.4, 0.5) is 0 Å². The minimum absolute atomic E-state index is 0.340. The smallest absolute Gasteiger partial charge is 0.132 e. The summed E-state index contributed by atoms with van der Waals surface area (Å²) >= 11 is 5.03. The lowest BCUT2D eigenvalue weighted by atomic mass is 10.1. The summed E-state index contributed by atoms with van der Waals surface area (Å²) < 4.78 is 11.3. The second kappa shape index (κ2) is 6.91. The van der Waals surface area contributed by atoms with Crippen LogP contribution in [0.1, 0.15) is 11.1 Å². The van der Waals surface area contributed by atoms with E-state index in [1.807, 2.05) is 55.5 Å². The van der Waals surface area contributed by atoms with Gasteiger partial charge in [-0.05, 0) is 30.7 Å². The van der Waals surface area contributed by atoms with Crippen molar-refractivity contribution in [1.82, 2.24) is 0 Å². The van der Waals surface area contributed by atoms with Crippen LogP contribution < -0.4 is 15.2 Å². The van der Waals surface area contributed by atoms with E-state index in [0.717, 1.165) is 22.6 Å². The molecule has 2 aromatic carbocycles. The predicted octanol–water partition coefficient (Wildman–Crippen LogP) is 3.09. The Balaban J connectivity index is 1.93. The van der Waals surface area contributed by atoms with Gasteiger partial charge in [0.2, 0.25) is 0 Å². The summed E-state index contributed by atoms with van der Waals surface area (Å²) in [5, 5.41) is 0.